The number of alkyl halides is 4. The third kappa shape index (κ3) is 3.68. The molecular weight excluding hydrogens is 538 g/mol. The standard InChI is InChI=1S/C19H14ClF4N5O8/c20-16-27-11(25)7-12(28-16)29(4-26-7)13-8(21)18(34)9(36-13)10(18)37-17(14(30)31,15(32)33)3-5-1-2-6(35-5)19(22,23)24/h1-2,4,8-10,13,34H,3H2,(H,30,31)(H,32,33)(H2,25,27,28)/t8-,9-,10?,13-,18+/m1/s1. The number of carbonyl (C=O) groups is 2. The lowest BCUT2D eigenvalue weighted by Crippen LogP contribution is -2.53. The Balaban J connectivity index is 1.41. The van der Waals surface area contributed by atoms with Gasteiger partial charge < -0.3 is 34.9 Å². The molecule has 0 aromatic carbocycles. The van der Waals surface area contributed by atoms with E-state index in [1.165, 1.54) is 0 Å². The number of ether oxygens (including phenoxy) is 2. The molecule has 0 spiro atoms. The van der Waals surface area contributed by atoms with Crippen molar-refractivity contribution in [2.45, 2.75) is 48.4 Å². The molecule has 5 N–H and O–H groups in total. The van der Waals surface area contributed by atoms with Crippen molar-refractivity contribution < 1.29 is 56.4 Å². The van der Waals surface area contributed by atoms with E-state index >= 15 is 4.39 Å². The van der Waals surface area contributed by atoms with Gasteiger partial charge >= 0.3 is 18.1 Å². The Bertz CT molecular complexity index is 1420. The maximum atomic E-state index is 15.4. The van der Waals surface area contributed by atoms with Crippen LogP contribution in [-0.2, 0) is 31.7 Å². The number of imidazole rings is 1. The van der Waals surface area contributed by atoms with Gasteiger partial charge in [-0.05, 0) is 23.7 Å². The van der Waals surface area contributed by atoms with Crippen molar-refractivity contribution >= 4 is 40.5 Å². The molecule has 13 nitrogen and oxygen atoms in total. The summed E-state index contributed by atoms with van der Waals surface area (Å²) in [4.78, 5) is 35.5. The van der Waals surface area contributed by atoms with Crippen LogP contribution < -0.4 is 5.73 Å². The molecule has 2 aliphatic rings. The number of hydrogen-bond acceptors (Lipinski definition) is 10. The number of rotatable bonds is 7. The zero-order chi connectivity index (χ0) is 27.1. The minimum Gasteiger partial charge on any atom is -0.479 e. The molecule has 1 saturated carbocycles. The summed E-state index contributed by atoms with van der Waals surface area (Å²) in [7, 11) is 0. The summed E-state index contributed by atoms with van der Waals surface area (Å²) in [5.41, 5.74) is -0.0531. The monoisotopic (exact) mass is 551 g/mol. The molecule has 0 amide bonds. The maximum Gasteiger partial charge on any atom is 0.449 e. The molecule has 0 radical (unpaired) electrons. The molecule has 1 aliphatic heterocycles. The van der Waals surface area contributed by atoms with Crippen molar-refractivity contribution in [1.29, 1.82) is 0 Å². The van der Waals surface area contributed by atoms with E-state index in [-0.39, 0.29) is 22.3 Å². The van der Waals surface area contributed by atoms with Gasteiger partial charge in [0.1, 0.15) is 23.5 Å². The van der Waals surface area contributed by atoms with Gasteiger partial charge in [-0.2, -0.15) is 23.1 Å². The lowest BCUT2D eigenvalue weighted by Gasteiger charge is -2.28. The maximum absolute atomic E-state index is 15.4. The Morgan fingerprint density at radius 1 is 1.24 bits per heavy atom. The van der Waals surface area contributed by atoms with Gasteiger partial charge in [-0.25, -0.2) is 19.0 Å². The average Bonchev–Trinajstić information content (AvgIpc) is 3.24. The Morgan fingerprint density at radius 3 is 2.46 bits per heavy atom. The second-order valence-corrected chi connectivity index (χ2v) is 8.69. The predicted molar refractivity (Wildman–Crippen MR) is 109 cm³/mol. The van der Waals surface area contributed by atoms with E-state index in [0.717, 1.165) is 17.0 Å². The Labute approximate surface area is 206 Å². The molecule has 1 aliphatic carbocycles. The number of hydrogen-bond donors (Lipinski definition) is 4. The molecule has 198 valence electrons. The molecule has 5 atom stereocenters. The van der Waals surface area contributed by atoms with E-state index in [4.69, 9.17) is 26.8 Å². The third-order valence-corrected chi connectivity index (χ3v) is 6.30. The Morgan fingerprint density at radius 2 is 1.92 bits per heavy atom. The summed E-state index contributed by atoms with van der Waals surface area (Å²) < 4.78 is 70.2. The normalized spacial score (nSPS) is 27.4. The van der Waals surface area contributed by atoms with Crippen LogP contribution in [0.2, 0.25) is 5.28 Å². The van der Waals surface area contributed by atoms with Gasteiger partial charge in [-0.1, -0.05) is 0 Å². The summed E-state index contributed by atoms with van der Waals surface area (Å²) >= 11 is 5.78. The number of fused-ring (bicyclic) bond motifs is 2. The highest BCUT2D eigenvalue weighted by Crippen LogP contribution is 2.58. The van der Waals surface area contributed by atoms with Crippen LogP contribution in [0.3, 0.4) is 0 Å². The predicted octanol–water partition coefficient (Wildman–Crippen LogP) is 1.19. The van der Waals surface area contributed by atoms with E-state index in [0.29, 0.717) is 6.07 Å². The second kappa shape index (κ2) is 7.98. The molecule has 1 unspecified atom stereocenters. The highest BCUT2D eigenvalue weighted by Gasteiger charge is 2.80. The molecule has 2 fully saturated rings. The summed E-state index contributed by atoms with van der Waals surface area (Å²) in [6.07, 6.45) is -12.3. The molecule has 1 saturated heterocycles. The highest BCUT2D eigenvalue weighted by molar-refractivity contribution is 6.28. The van der Waals surface area contributed by atoms with Gasteiger partial charge in [0, 0.05) is 0 Å². The molecular formula is C19H14ClF4N5O8. The number of aromatic nitrogens is 4. The molecule has 3 aromatic heterocycles. The van der Waals surface area contributed by atoms with E-state index in [1.54, 1.807) is 0 Å². The SMILES string of the molecule is Nc1nc(Cl)nc2c1ncn2[C@@H]1O[C@@H]2C(OC(Cc3ccc(C(F)(F)F)o3)(C(=O)O)C(=O)O)[C@]2(O)[C@@H]1F. The lowest BCUT2D eigenvalue weighted by atomic mass is 9.98. The molecule has 0 bridgehead atoms. The van der Waals surface area contributed by atoms with Crippen molar-refractivity contribution in [3.8, 4) is 0 Å². The van der Waals surface area contributed by atoms with Crippen LogP contribution in [0.1, 0.15) is 17.7 Å². The van der Waals surface area contributed by atoms with E-state index in [1.807, 2.05) is 0 Å². The first-order valence-electron chi connectivity index (χ1n) is 10.2. The van der Waals surface area contributed by atoms with Crippen LogP contribution in [0, 0.1) is 0 Å². The minimum atomic E-state index is -4.92. The number of nitrogen functional groups attached to an aromatic ring is 1. The summed E-state index contributed by atoms with van der Waals surface area (Å²) in [6, 6.07) is 1.20. The molecule has 18 heteroatoms. The van der Waals surface area contributed by atoms with Gasteiger partial charge in [0.2, 0.25) is 11.0 Å². The number of anilines is 1. The van der Waals surface area contributed by atoms with E-state index < -0.39 is 71.9 Å². The average molecular weight is 552 g/mol. The first-order chi connectivity index (χ1) is 17.2. The Hall–Kier alpha value is -3.54. The number of carboxylic acids is 2. The number of carboxylic acid groups (broad SMARTS) is 2. The summed E-state index contributed by atoms with van der Waals surface area (Å²) in [5, 5.41) is 29.9. The Kier molecular flexibility index (Phi) is 5.42. The van der Waals surface area contributed by atoms with Crippen LogP contribution in [0.25, 0.3) is 11.2 Å². The summed E-state index contributed by atoms with van der Waals surface area (Å²) in [6.45, 7) is 0. The number of aliphatic carboxylic acids is 2. The van der Waals surface area contributed by atoms with Gasteiger partial charge in [-0.3, -0.25) is 4.57 Å². The number of nitrogens with two attached hydrogens (primary N) is 1. The zero-order valence-electron chi connectivity index (χ0n) is 17.9. The molecule has 37 heavy (non-hydrogen) atoms. The van der Waals surface area contributed by atoms with Crippen molar-refractivity contribution in [2.75, 3.05) is 5.73 Å². The first kappa shape index (κ1) is 25.1. The van der Waals surface area contributed by atoms with E-state index in [9.17, 15) is 38.1 Å². The third-order valence-electron chi connectivity index (χ3n) is 6.13. The quantitative estimate of drug-likeness (QED) is 0.186. The van der Waals surface area contributed by atoms with Crippen molar-refractivity contribution in [2.24, 2.45) is 0 Å². The molecule has 5 rings (SSSR count). The van der Waals surface area contributed by atoms with Gasteiger partial charge in [-0.15, -0.1) is 0 Å². The van der Waals surface area contributed by atoms with Gasteiger partial charge in [0.05, 0.1) is 12.7 Å². The second-order valence-electron chi connectivity index (χ2n) is 8.35. The fourth-order valence-corrected chi connectivity index (χ4v) is 4.38. The fraction of sp³-hybridized carbons (Fsp3) is 0.421. The van der Waals surface area contributed by atoms with Gasteiger partial charge in [0.25, 0.3) is 5.60 Å². The van der Waals surface area contributed by atoms with Gasteiger partial charge in [0.15, 0.2) is 29.5 Å². The number of nitrogens with zero attached hydrogens (tertiary/aromatic N) is 4. The van der Waals surface area contributed by atoms with Crippen molar-refractivity contribution in [3.05, 3.63) is 35.3 Å². The fourth-order valence-electron chi connectivity index (χ4n) is 4.21. The largest absolute Gasteiger partial charge is 0.479 e. The highest BCUT2D eigenvalue weighted by atomic mass is 35.5. The van der Waals surface area contributed by atoms with Crippen LogP contribution in [0.15, 0.2) is 22.9 Å². The number of halogens is 5. The lowest BCUT2D eigenvalue weighted by molar-refractivity contribution is -0.195. The van der Waals surface area contributed by atoms with Crippen molar-refractivity contribution in [1.82, 2.24) is 19.5 Å². The van der Waals surface area contributed by atoms with Crippen LogP contribution >= 0.6 is 11.6 Å². The molecule has 4 heterocycles. The molecule has 3 aromatic rings. The number of furan rings is 1. The minimum absolute atomic E-state index is 0.0452. The van der Waals surface area contributed by atoms with Crippen LogP contribution in [0.5, 0.6) is 0 Å². The van der Waals surface area contributed by atoms with E-state index in [2.05, 4.69) is 19.4 Å². The van der Waals surface area contributed by atoms with Crippen molar-refractivity contribution in [3.63, 3.8) is 0 Å². The summed E-state index contributed by atoms with van der Waals surface area (Å²) in [5.74, 6) is -6.57. The zero-order valence-corrected chi connectivity index (χ0v) is 18.6. The number of aliphatic hydroxyl groups is 1. The van der Waals surface area contributed by atoms with Crippen LogP contribution in [0.4, 0.5) is 23.4 Å². The first-order valence-corrected chi connectivity index (χ1v) is 10.6. The topological polar surface area (TPSA) is 196 Å². The van der Waals surface area contributed by atoms with Crippen LogP contribution in [-0.4, -0.2) is 76.4 Å². The smallest absolute Gasteiger partial charge is 0.449 e.